The minimum Gasteiger partial charge on any atom is -0.444 e. The van der Waals surface area contributed by atoms with Crippen molar-refractivity contribution >= 4 is 106 Å². The monoisotopic (exact) mass is 1240 g/mol. The maximum atomic E-state index is 13.6. The molecule has 2 saturated heterocycles. The fourth-order valence-corrected chi connectivity index (χ4v) is 13.5. The summed E-state index contributed by atoms with van der Waals surface area (Å²) in [6.45, 7) is 7.38. The number of benzene rings is 6. The first-order valence-electron chi connectivity index (χ1n) is 27.6. The molecule has 3 amide bonds. The average molecular weight is 1250 g/mol. The zero-order valence-electron chi connectivity index (χ0n) is 47.2. The number of nitrogens with two attached hydrogens (primary N) is 1. The molecule has 6 heterocycles. The number of nitrogens with one attached hydrogen (secondary N) is 3. The normalized spacial score (nSPS) is 15.2. The van der Waals surface area contributed by atoms with Gasteiger partial charge >= 0.3 is 6.09 Å². The summed E-state index contributed by atoms with van der Waals surface area (Å²) in [5.74, 6) is 0.454. The standard InChI is InChI=1S/C34H33ClN6O5S.C29H25ClN6O3S/c1-34(2,3)46-33(43)38-23-15-13-22(14-16-23)31(42)40-18-17-24(20-40)37-32-36-19-28(35)30(39-32)27-21-41(29-12-8-7-11-26(27)29)47(44,45)25-9-5-4-6-10-25;30-25-16-32-29(33-21-14-15-35(17-21)28(37)19-10-12-20(31)13-11-19)34-27(25)24-18-36(26-9-5-4-8-23(24)26)40(38,39)22-6-2-1-3-7-22/h4-16,19,21,24H,17-18,20H2,1-3H3,(H,38,43)(H,36,37,39);1-13,16,18,21H,14-15,17,31H2,(H,32,33,34)/t24-;21-/m11/s1. The largest absolute Gasteiger partial charge is 0.444 e. The maximum absolute atomic E-state index is 13.6. The molecule has 87 heavy (non-hydrogen) atoms. The lowest BCUT2D eigenvalue weighted by molar-refractivity contribution is 0.0635. The third-order valence-corrected chi connectivity index (χ3v) is 18.4. The fourth-order valence-electron chi connectivity index (χ4n) is 10.3. The highest BCUT2D eigenvalue weighted by molar-refractivity contribution is 7.90. The van der Waals surface area contributed by atoms with Crippen molar-refractivity contribution in [3.05, 3.63) is 204 Å². The smallest absolute Gasteiger partial charge is 0.412 e. The number of hydrogen-bond acceptors (Lipinski definition) is 15. The number of nitrogen functional groups attached to an aromatic ring is 1. The number of halogens is 2. The molecule has 2 aliphatic rings. The van der Waals surface area contributed by atoms with Gasteiger partial charge in [0.25, 0.3) is 31.9 Å². The Morgan fingerprint density at radius 3 is 1.39 bits per heavy atom. The lowest BCUT2D eigenvalue weighted by Crippen LogP contribution is -2.32. The number of carbonyl (C=O) groups excluding carboxylic acids is 3. The SMILES string of the molecule is CC(C)(C)OC(=O)Nc1ccc(C(=O)N2CC[C@@H](Nc3ncc(Cl)c(-c4cn(S(=O)(=O)c5ccccc5)c5ccccc45)n3)C2)cc1.Nc1ccc(C(=O)N2CC[C@@H](Nc3ncc(Cl)c(-c4cn(S(=O)(=O)c5ccccc5)c5ccccc45)n3)C2)cc1. The van der Waals surface area contributed by atoms with Crippen molar-refractivity contribution in [3.63, 3.8) is 0 Å². The van der Waals surface area contributed by atoms with Crippen LogP contribution in [0.2, 0.25) is 10.0 Å². The highest BCUT2D eigenvalue weighted by atomic mass is 35.5. The second-order valence-electron chi connectivity index (χ2n) is 21.7. The summed E-state index contributed by atoms with van der Waals surface area (Å²) < 4.78 is 62.0. The molecule has 0 saturated carbocycles. The van der Waals surface area contributed by atoms with E-state index in [9.17, 15) is 31.2 Å². The van der Waals surface area contributed by atoms with Gasteiger partial charge in [0.15, 0.2) is 0 Å². The van der Waals surface area contributed by atoms with Crippen LogP contribution < -0.4 is 21.7 Å². The van der Waals surface area contributed by atoms with Crippen LogP contribution in [0.1, 0.15) is 54.3 Å². The van der Waals surface area contributed by atoms with Gasteiger partial charge < -0.3 is 30.9 Å². The highest BCUT2D eigenvalue weighted by Gasteiger charge is 2.31. The minimum atomic E-state index is -3.89. The van der Waals surface area contributed by atoms with E-state index < -0.39 is 31.7 Å². The molecule has 4 aromatic heterocycles. The molecule has 0 spiro atoms. The van der Waals surface area contributed by atoms with Crippen molar-refractivity contribution in [1.82, 2.24) is 37.7 Å². The van der Waals surface area contributed by atoms with Gasteiger partial charge in [0, 0.05) is 95.1 Å². The van der Waals surface area contributed by atoms with E-state index in [0.717, 1.165) is 6.42 Å². The number of hydrogen-bond donors (Lipinski definition) is 4. The molecule has 20 nitrogen and oxygen atoms in total. The molecule has 5 N–H and O–H groups in total. The molecule has 0 radical (unpaired) electrons. The van der Waals surface area contributed by atoms with E-state index in [4.69, 9.17) is 38.7 Å². The number of amides is 3. The van der Waals surface area contributed by atoms with E-state index in [0.29, 0.717) is 111 Å². The Morgan fingerprint density at radius 1 is 0.563 bits per heavy atom. The van der Waals surface area contributed by atoms with E-state index in [1.54, 1.807) is 170 Å². The number of para-hydroxylation sites is 2. The third-order valence-electron chi connectivity index (χ3n) is 14.5. The van der Waals surface area contributed by atoms with Crippen LogP contribution in [0, 0.1) is 0 Å². The Bertz CT molecular complexity index is 4450. The Kier molecular flexibility index (Phi) is 16.8. The van der Waals surface area contributed by atoms with Gasteiger partial charge in [0.05, 0.1) is 54.7 Å². The summed E-state index contributed by atoms with van der Waals surface area (Å²) in [5, 5.41) is 11.2. The van der Waals surface area contributed by atoms with E-state index >= 15 is 0 Å². The molecule has 24 heteroatoms. The number of carbonyl (C=O) groups is 3. The summed E-state index contributed by atoms with van der Waals surface area (Å²) in [5.41, 5.74) is 10.2. The fraction of sp³-hybridized carbons (Fsp3) is 0.190. The van der Waals surface area contributed by atoms with Gasteiger partial charge in [-0.05, 0) is 119 Å². The van der Waals surface area contributed by atoms with Crippen molar-refractivity contribution in [2.75, 3.05) is 47.9 Å². The zero-order chi connectivity index (χ0) is 61.2. The number of ether oxygens (including phenoxy) is 1. The Morgan fingerprint density at radius 2 is 0.966 bits per heavy atom. The number of anilines is 4. The molecule has 2 fully saturated rings. The molecule has 6 aromatic carbocycles. The van der Waals surface area contributed by atoms with Crippen molar-refractivity contribution in [2.45, 2.75) is 61.1 Å². The molecule has 0 unspecified atom stereocenters. The molecule has 12 rings (SSSR count). The van der Waals surface area contributed by atoms with Crippen molar-refractivity contribution in [1.29, 1.82) is 0 Å². The average Bonchev–Trinajstić information content (AvgIpc) is 1.69. The maximum Gasteiger partial charge on any atom is 0.412 e. The summed E-state index contributed by atoms with van der Waals surface area (Å²) in [6, 6.07) is 44.2. The first-order valence-corrected chi connectivity index (χ1v) is 31.3. The summed E-state index contributed by atoms with van der Waals surface area (Å²) in [7, 11) is -7.76. The van der Waals surface area contributed by atoms with Gasteiger partial charge in [-0.1, -0.05) is 96.0 Å². The van der Waals surface area contributed by atoms with Gasteiger partial charge in [0.1, 0.15) is 5.60 Å². The van der Waals surface area contributed by atoms with Crippen LogP contribution in [-0.4, -0.2) is 116 Å². The minimum absolute atomic E-state index is 0.0607. The van der Waals surface area contributed by atoms with Crippen molar-refractivity contribution < 1.29 is 36.0 Å². The van der Waals surface area contributed by atoms with E-state index in [1.165, 1.54) is 26.5 Å². The molecular formula is C63H58Cl2N12O8S2. The Balaban J connectivity index is 0.000000182. The van der Waals surface area contributed by atoms with Gasteiger partial charge in [-0.15, -0.1) is 0 Å². The van der Waals surface area contributed by atoms with Gasteiger partial charge in [-0.2, -0.15) is 0 Å². The molecule has 10 aromatic rings. The number of aromatic nitrogens is 6. The number of nitrogens with zero attached hydrogens (tertiary/aromatic N) is 8. The second-order valence-corrected chi connectivity index (χ2v) is 26.2. The van der Waals surface area contributed by atoms with Gasteiger partial charge in [-0.25, -0.2) is 49.5 Å². The van der Waals surface area contributed by atoms with Crippen LogP contribution in [-0.2, 0) is 24.8 Å². The van der Waals surface area contributed by atoms with Crippen molar-refractivity contribution in [2.24, 2.45) is 0 Å². The Hall–Kier alpha value is -9.35. The van der Waals surface area contributed by atoms with E-state index in [1.807, 2.05) is 24.3 Å². The number of likely N-dealkylation sites (tertiary alicyclic amines) is 2. The lowest BCUT2D eigenvalue weighted by atomic mass is 10.1. The molecule has 2 aliphatic heterocycles. The number of fused-ring (bicyclic) bond motifs is 2. The van der Waals surface area contributed by atoms with E-state index in [2.05, 4.69) is 30.9 Å². The van der Waals surface area contributed by atoms with Crippen LogP contribution in [0.5, 0.6) is 0 Å². The Labute approximate surface area is 512 Å². The zero-order valence-corrected chi connectivity index (χ0v) is 50.4. The number of rotatable bonds is 13. The summed E-state index contributed by atoms with van der Waals surface area (Å²) in [4.78, 5) is 60.2. The predicted octanol–water partition coefficient (Wildman–Crippen LogP) is 11.6. The van der Waals surface area contributed by atoms with Gasteiger partial charge in [0.2, 0.25) is 11.9 Å². The van der Waals surface area contributed by atoms with Crippen LogP contribution >= 0.6 is 23.2 Å². The summed E-state index contributed by atoms with van der Waals surface area (Å²) in [6.07, 6.45) is 6.88. The van der Waals surface area contributed by atoms with E-state index in [-0.39, 0.29) is 43.7 Å². The second kappa shape index (κ2) is 24.6. The third kappa shape index (κ3) is 12.9. The lowest BCUT2D eigenvalue weighted by Gasteiger charge is -2.20. The van der Waals surface area contributed by atoms with Crippen LogP contribution in [0.3, 0.4) is 0 Å². The molecule has 444 valence electrons. The molecule has 2 atom stereocenters. The van der Waals surface area contributed by atoms with Crippen molar-refractivity contribution in [3.8, 4) is 22.5 Å². The molecule has 0 bridgehead atoms. The summed E-state index contributed by atoms with van der Waals surface area (Å²) >= 11 is 13.2. The molecular weight excluding hydrogens is 1190 g/mol. The topological polar surface area (TPSA) is 259 Å². The van der Waals surface area contributed by atoms with Crippen LogP contribution in [0.15, 0.2) is 192 Å². The quantitative estimate of drug-likeness (QED) is 0.0783. The first kappa shape index (κ1) is 59.4. The van der Waals surface area contributed by atoms with Crippen LogP contribution in [0.4, 0.5) is 28.1 Å². The predicted molar refractivity (Wildman–Crippen MR) is 337 cm³/mol. The van der Waals surface area contributed by atoms with Crippen LogP contribution in [0.25, 0.3) is 44.3 Å². The van der Waals surface area contributed by atoms with Gasteiger partial charge in [-0.3, -0.25) is 14.9 Å². The first-order chi connectivity index (χ1) is 41.7. The highest BCUT2D eigenvalue weighted by Crippen LogP contribution is 2.38. The molecule has 0 aliphatic carbocycles.